The van der Waals surface area contributed by atoms with E-state index in [1.807, 2.05) is 18.7 Å². The van der Waals surface area contributed by atoms with Crippen molar-refractivity contribution < 1.29 is 9.21 Å². The summed E-state index contributed by atoms with van der Waals surface area (Å²) in [5, 5.41) is 3.30. The van der Waals surface area contributed by atoms with Gasteiger partial charge in [-0.05, 0) is 18.8 Å². The predicted molar refractivity (Wildman–Crippen MR) is 94.7 cm³/mol. The fourth-order valence-electron chi connectivity index (χ4n) is 3.09. The third-order valence-electron chi connectivity index (χ3n) is 4.51. The van der Waals surface area contributed by atoms with Crippen LogP contribution in [0.15, 0.2) is 16.2 Å². The molecule has 2 aromatic heterocycles. The van der Waals surface area contributed by atoms with E-state index in [9.17, 15) is 4.79 Å². The molecule has 1 saturated heterocycles. The van der Waals surface area contributed by atoms with E-state index in [1.165, 1.54) is 6.39 Å². The highest BCUT2D eigenvalue weighted by atomic mass is 32.1. The number of thiazole rings is 1. The fourth-order valence-corrected chi connectivity index (χ4v) is 4.20. The highest BCUT2D eigenvalue weighted by Gasteiger charge is 2.30. The van der Waals surface area contributed by atoms with Crippen LogP contribution >= 0.6 is 11.3 Å². The lowest BCUT2D eigenvalue weighted by molar-refractivity contribution is 0.0699. The van der Waals surface area contributed by atoms with Gasteiger partial charge in [-0.15, -0.1) is 11.3 Å². The number of hydrogen-bond donors (Lipinski definition) is 0. The van der Waals surface area contributed by atoms with Crippen molar-refractivity contribution in [3.05, 3.63) is 33.9 Å². The molecule has 0 aromatic carbocycles. The van der Waals surface area contributed by atoms with E-state index >= 15 is 0 Å². The van der Waals surface area contributed by atoms with Gasteiger partial charge in [0.05, 0.1) is 10.7 Å². The molecule has 5 nitrogen and oxygen atoms in total. The zero-order chi connectivity index (χ0) is 17.3. The van der Waals surface area contributed by atoms with Crippen molar-refractivity contribution in [1.82, 2.24) is 14.9 Å². The smallest absolute Gasteiger partial charge is 0.276 e. The largest absolute Gasteiger partial charge is 0.447 e. The molecule has 1 fully saturated rings. The zero-order valence-corrected chi connectivity index (χ0v) is 15.6. The summed E-state index contributed by atoms with van der Waals surface area (Å²) < 4.78 is 5.41. The molecule has 130 valence electrons. The maximum atomic E-state index is 12.9. The van der Waals surface area contributed by atoms with Crippen molar-refractivity contribution >= 4 is 17.2 Å². The van der Waals surface area contributed by atoms with E-state index in [-0.39, 0.29) is 11.8 Å². The number of amides is 1. The lowest BCUT2D eigenvalue weighted by Crippen LogP contribution is -2.39. The van der Waals surface area contributed by atoms with Crippen LogP contribution in [0.1, 0.15) is 85.2 Å². The molecule has 0 radical (unpaired) electrons. The molecule has 1 amide bonds. The van der Waals surface area contributed by atoms with Crippen LogP contribution in [-0.4, -0.2) is 33.9 Å². The van der Waals surface area contributed by atoms with Gasteiger partial charge in [0, 0.05) is 30.3 Å². The van der Waals surface area contributed by atoms with E-state index in [1.54, 1.807) is 11.3 Å². The van der Waals surface area contributed by atoms with Crippen LogP contribution in [0.4, 0.5) is 0 Å². The quantitative estimate of drug-likeness (QED) is 0.822. The second-order valence-corrected chi connectivity index (χ2v) is 7.97. The first kappa shape index (κ1) is 17.1. The van der Waals surface area contributed by atoms with Crippen molar-refractivity contribution in [2.45, 2.75) is 58.3 Å². The summed E-state index contributed by atoms with van der Waals surface area (Å²) in [6.45, 7) is 9.84. The highest BCUT2D eigenvalue weighted by Crippen LogP contribution is 2.32. The van der Waals surface area contributed by atoms with Crippen LogP contribution in [0.5, 0.6) is 0 Å². The van der Waals surface area contributed by atoms with Crippen molar-refractivity contribution in [3.8, 4) is 0 Å². The van der Waals surface area contributed by atoms with Crippen molar-refractivity contribution in [1.29, 1.82) is 0 Å². The van der Waals surface area contributed by atoms with E-state index < -0.39 is 0 Å². The Morgan fingerprint density at radius 3 is 2.79 bits per heavy atom. The van der Waals surface area contributed by atoms with E-state index in [4.69, 9.17) is 9.40 Å². The molecule has 24 heavy (non-hydrogen) atoms. The second kappa shape index (κ2) is 7.05. The molecule has 1 aliphatic rings. The van der Waals surface area contributed by atoms with Gasteiger partial charge in [0.25, 0.3) is 5.91 Å². The third kappa shape index (κ3) is 3.38. The van der Waals surface area contributed by atoms with Gasteiger partial charge in [0.15, 0.2) is 12.1 Å². The first-order valence-corrected chi connectivity index (χ1v) is 9.53. The summed E-state index contributed by atoms with van der Waals surface area (Å²) in [5.74, 6) is 1.59. The van der Waals surface area contributed by atoms with Gasteiger partial charge in [-0.1, -0.05) is 27.7 Å². The molecule has 1 aliphatic heterocycles. The molecule has 6 heteroatoms. The Morgan fingerprint density at radius 1 is 1.33 bits per heavy atom. The molecule has 0 aliphatic carbocycles. The highest BCUT2D eigenvalue weighted by molar-refractivity contribution is 7.09. The maximum Gasteiger partial charge on any atom is 0.276 e. The minimum atomic E-state index is -0.0159. The Hall–Kier alpha value is -1.69. The normalized spacial score (nSPS) is 18.6. The minimum Gasteiger partial charge on any atom is -0.447 e. The number of aromatic nitrogens is 2. The Bertz CT molecular complexity index is 705. The topological polar surface area (TPSA) is 59.2 Å². The molecule has 0 spiro atoms. The number of carbonyl (C=O) groups excluding carboxylic acids is 1. The van der Waals surface area contributed by atoms with Gasteiger partial charge in [-0.2, -0.15) is 0 Å². The van der Waals surface area contributed by atoms with Gasteiger partial charge in [0.2, 0.25) is 0 Å². The zero-order valence-electron chi connectivity index (χ0n) is 14.8. The second-order valence-electron chi connectivity index (χ2n) is 7.08. The Kier molecular flexibility index (Phi) is 5.04. The van der Waals surface area contributed by atoms with Gasteiger partial charge in [0.1, 0.15) is 5.76 Å². The van der Waals surface area contributed by atoms with E-state index in [2.05, 4.69) is 24.2 Å². The molecule has 2 aromatic rings. The van der Waals surface area contributed by atoms with E-state index in [0.29, 0.717) is 29.8 Å². The number of oxazole rings is 1. The Balaban J connectivity index is 1.75. The van der Waals surface area contributed by atoms with Gasteiger partial charge in [-0.3, -0.25) is 4.79 Å². The molecule has 0 saturated carbocycles. The lowest BCUT2D eigenvalue weighted by Gasteiger charge is -2.31. The van der Waals surface area contributed by atoms with Crippen LogP contribution < -0.4 is 0 Å². The first-order valence-electron chi connectivity index (χ1n) is 8.65. The number of piperidine rings is 1. The van der Waals surface area contributed by atoms with Gasteiger partial charge < -0.3 is 9.32 Å². The number of likely N-dealkylation sites (tertiary alicyclic amines) is 1. The number of nitrogens with zero attached hydrogens (tertiary/aromatic N) is 3. The Morgan fingerprint density at radius 2 is 2.12 bits per heavy atom. The Labute approximate surface area is 147 Å². The molecular weight excluding hydrogens is 322 g/mol. The predicted octanol–water partition coefficient (Wildman–Crippen LogP) is 4.40. The summed E-state index contributed by atoms with van der Waals surface area (Å²) >= 11 is 1.72. The van der Waals surface area contributed by atoms with Gasteiger partial charge in [-0.25, -0.2) is 9.97 Å². The monoisotopic (exact) mass is 347 g/mol. The molecule has 0 bridgehead atoms. The summed E-state index contributed by atoms with van der Waals surface area (Å²) in [6, 6.07) is 0. The van der Waals surface area contributed by atoms with Crippen LogP contribution in [-0.2, 0) is 0 Å². The molecule has 1 unspecified atom stereocenters. The van der Waals surface area contributed by atoms with Crippen molar-refractivity contribution in [2.75, 3.05) is 13.1 Å². The molecule has 3 rings (SSSR count). The summed E-state index contributed by atoms with van der Waals surface area (Å²) in [6.07, 6.45) is 3.46. The maximum absolute atomic E-state index is 12.9. The minimum absolute atomic E-state index is 0.0159. The van der Waals surface area contributed by atoms with Gasteiger partial charge >= 0.3 is 0 Å². The molecule has 1 atom stereocenters. The number of carbonyl (C=O) groups is 1. The number of rotatable bonds is 4. The summed E-state index contributed by atoms with van der Waals surface area (Å²) in [4.78, 5) is 23.7. The summed E-state index contributed by atoms with van der Waals surface area (Å²) in [7, 11) is 0. The molecular formula is C18H25N3O2S. The lowest BCUT2D eigenvalue weighted by atomic mass is 9.98. The first-order chi connectivity index (χ1) is 11.5. The third-order valence-corrected chi connectivity index (χ3v) is 5.54. The van der Waals surface area contributed by atoms with Crippen LogP contribution in [0.25, 0.3) is 0 Å². The van der Waals surface area contributed by atoms with Crippen molar-refractivity contribution in [2.24, 2.45) is 0 Å². The SMILES string of the molecule is CC(C)c1csc(C2CCCN(C(=O)c3ncoc3C(C)C)C2)n1. The van der Waals surface area contributed by atoms with Crippen LogP contribution in [0, 0.1) is 0 Å². The van der Waals surface area contributed by atoms with Crippen molar-refractivity contribution in [3.63, 3.8) is 0 Å². The standard InChI is InChI=1S/C18H25N3O2S/c1-11(2)14-9-24-17(20-14)13-6-5-7-21(8-13)18(22)15-16(12(3)4)23-10-19-15/h9-13H,5-8H2,1-4H3. The average Bonchev–Trinajstić information content (AvgIpc) is 3.23. The fraction of sp³-hybridized carbons (Fsp3) is 0.611. The summed E-state index contributed by atoms with van der Waals surface area (Å²) in [5.41, 5.74) is 1.62. The number of hydrogen-bond acceptors (Lipinski definition) is 5. The van der Waals surface area contributed by atoms with Crippen LogP contribution in [0.2, 0.25) is 0 Å². The van der Waals surface area contributed by atoms with E-state index in [0.717, 1.165) is 30.1 Å². The molecule has 3 heterocycles. The molecule has 0 N–H and O–H groups in total. The van der Waals surface area contributed by atoms with Crippen LogP contribution in [0.3, 0.4) is 0 Å². The average molecular weight is 347 g/mol.